The number of rotatable bonds is 4. The Labute approximate surface area is 80.9 Å². The van der Waals surface area contributed by atoms with E-state index < -0.39 is 0 Å². The van der Waals surface area contributed by atoms with Crippen molar-refractivity contribution >= 4 is 22.6 Å². The molecular formula is C9H11IO. The molecule has 0 aromatic heterocycles. The summed E-state index contributed by atoms with van der Waals surface area (Å²) >= 11 is 2.35. The second kappa shape index (κ2) is 5.41. The summed E-state index contributed by atoms with van der Waals surface area (Å²) in [6.07, 6.45) is 1.12. The number of ether oxygens (including phenoxy) is 1. The Morgan fingerprint density at radius 1 is 1.18 bits per heavy atom. The Morgan fingerprint density at radius 2 is 1.91 bits per heavy atom. The molecule has 0 aliphatic carbocycles. The highest BCUT2D eigenvalue weighted by atomic mass is 127. The molecule has 1 aromatic rings. The Hall–Kier alpha value is -0.250. The lowest BCUT2D eigenvalue weighted by Gasteiger charge is -2.02. The Morgan fingerprint density at radius 3 is 2.55 bits per heavy atom. The average Bonchev–Trinajstić information content (AvgIpc) is 2.07. The van der Waals surface area contributed by atoms with E-state index >= 15 is 0 Å². The monoisotopic (exact) mass is 262 g/mol. The van der Waals surface area contributed by atoms with Crippen LogP contribution in [0.5, 0.6) is 5.75 Å². The van der Waals surface area contributed by atoms with E-state index in [4.69, 9.17) is 4.74 Å². The maximum Gasteiger partial charge on any atom is 0.119 e. The lowest BCUT2D eigenvalue weighted by molar-refractivity contribution is 0.319. The van der Waals surface area contributed by atoms with Crippen molar-refractivity contribution in [3.05, 3.63) is 30.3 Å². The van der Waals surface area contributed by atoms with Crippen molar-refractivity contribution in [1.29, 1.82) is 0 Å². The van der Waals surface area contributed by atoms with Gasteiger partial charge in [-0.25, -0.2) is 0 Å². The van der Waals surface area contributed by atoms with Crippen LogP contribution in [0.15, 0.2) is 30.3 Å². The number of hydrogen-bond acceptors (Lipinski definition) is 1. The first-order valence-electron chi connectivity index (χ1n) is 3.67. The first-order chi connectivity index (χ1) is 5.43. The van der Waals surface area contributed by atoms with Crippen LogP contribution in [0.25, 0.3) is 0 Å². The van der Waals surface area contributed by atoms with Crippen LogP contribution in [0, 0.1) is 0 Å². The highest BCUT2D eigenvalue weighted by Crippen LogP contribution is 2.08. The van der Waals surface area contributed by atoms with Crippen LogP contribution in [-0.4, -0.2) is 11.0 Å². The van der Waals surface area contributed by atoms with Gasteiger partial charge in [0.25, 0.3) is 0 Å². The minimum atomic E-state index is 0.826. The summed E-state index contributed by atoms with van der Waals surface area (Å²) in [4.78, 5) is 0. The smallest absolute Gasteiger partial charge is 0.119 e. The van der Waals surface area contributed by atoms with E-state index in [1.807, 2.05) is 30.3 Å². The Bertz CT molecular complexity index is 186. The minimum absolute atomic E-state index is 0.826. The van der Waals surface area contributed by atoms with E-state index in [0.29, 0.717) is 0 Å². The predicted molar refractivity (Wildman–Crippen MR) is 55.4 cm³/mol. The van der Waals surface area contributed by atoms with Gasteiger partial charge in [-0.1, -0.05) is 40.8 Å². The second-order valence-electron chi connectivity index (χ2n) is 2.20. The molecule has 0 aliphatic rings. The molecule has 0 bridgehead atoms. The molecule has 60 valence electrons. The van der Waals surface area contributed by atoms with Crippen molar-refractivity contribution in [2.24, 2.45) is 0 Å². The third kappa shape index (κ3) is 3.60. The molecule has 0 N–H and O–H groups in total. The largest absolute Gasteiger partial charge is 0.494 e. The maximum absolute atomic E-state index is 5.44. The summed E-state index contributed by atoms with van der Waals surface area (Å²) in [7, 11) is 0. The maximum atomic E-state index is 5.44. The Kier molecular flexibility index (Phi) is 4.35. The highest BCUT2D eigenvalue weighted by molar-refractivity contribution is 14.1. The van der Waals surface area contributed by atoms with Gasteiger partial charge in [0.2, 0.25) is 0 Å². The quantitative estimate of drug-likeness (QED) is 0.460. The van der Waals surface area contributed by atoms with Crippen molar-refractivity contribution in [3.8, 4) is 5.75 Å². The molecule has 1 rings (SSSR count). The zero-order chi connectivity index (χ0) is 7.94. The van der Waals surface area contributed by atoms with Gasteiger partial charge in [0.05, 0.1) is 6.61 Å². The molecule has 0 amide bonds. The lowest BCUT2D eigenvalue weighted by Crippen LogP contribution is -1.96. The second-order valence-corrected chi connectivity index (χ2v) is 3.28. The van der Waals surface area contributed by atoms with Gasteiger partial charge in [0, 0.05) is 4.43 Å². The van der Waals surface area contributed by atoms with E-state index in [9.17, 15) is 0 Å². The lowest BCUT2D eigenvalue weighted by atomic mass is 10.3. The van der Waals surface area contributed by atoms with E-state index in [2.05, 4.69) is 22.6 Å². The SMILES string of the molecule is ICCCOc1ccccc1. The Balaban J connectivity index is 2.28. The molecule has 0 atom stereocenters. The van der Waals surface area contributed by atoms with Gasteiger partial charge in [-0.15, -0.1) is 0 Å². The molecule has 0 fully saturated rings. The third-order valence-electron chi connectivity index (χ3n) is 1.29. The fourth-order valence-corrected chi connectivity index (χ4v) is 1.07. The zero-order valence-electron chi connectivity index (χ0n) is 6.29. The van der Waals surface area contributed by atoms with Crippen LogP contribution in [0.4, 0.5) is 0 Å². The van der Waals surface area contributed by atoms with E-state index in [0.717, 1.165) is 23.2 Å². The molecule has 0 unspecified atom stereocenters. The third-order valence-corrected chi connectivity index (χ3v) is 2.05. The molecule has 1 nitrogen and oxygen atoms in total. The first-order valence-corrected chi connectivity index (χ1v) is 5.20. The number of hydrogen-bond donors (Lipinski definition) is 0. The molecule has 1 aromatic carbocycles. The molecule has 2 heteroatoms. The molecule has 11 heavy (non-hydrogen) atoms. The van der Waals surface area contributed by atoms with Crippen molar-refractivity contribution in [2.45, 2.75) is 6.42 Å². The van der Waals surface area contributed by atoms with E-state index in [1.165, 1.54) is 0 Å². The molecule has 0 aliphatic heterocycles. The van der Waals surface area contributed by atoms with Crippen LogP contribution >= 0.6 is 22.6 Å². The summed E-state index contributed by atoms with van der Waals surface area (Å²) in [5.41, 5.74) is 0. The average molecular weight is 262 g/mol. The first kappa shape index (κ1) is 8.84. The topological polar surface area (TPSA) is 9.23 Å². The molecule has 0 heterocycles. The minimum Gasteiger partial charge on any atom is -0.494 e. The van der Waals surface area contributed by atoms with Crippen LogP contribution in [-0.2, 0) is 0 Å². The summed E-state index contributed by atoms with van der Waals surface area (Å²) in [5, 5.41) is 0. The molecular weight excluding hydrogens is 251 g/mol. The van der Waals surface area contributed by atoms with Crippen LogP contribution in [0.3, 0.4) is 0 Å². The van der Waals surface area contributed by atoms with E-state index in [1.54, 1.807) is 0 Å². The number of benzene rings is 1. The van der Waals surface area contributed by atoms with Gasteiger partial charge in [-0.3, -0.25) is 0 Å². The molecule has 0 saturated heterocycles. The van der Waals surface area contributed by atoms with Crippen molar-refractivity contribution < 1.29 is 4.74 Å². The van der Waals surface area contributed by atoms with Crippen molar-refractivity contribution in [1.82, 2.24) is 0 Å². The van der Waals surface area contributed by atoms with Crippen LogP contribution in [0.2, 0.25) is 0 Å². The standard InChI is InChI=1S/C9H11IO/c10-7-4-8-11-9-5-2-1-3-6-9/h1-3,5-6H,4,7-8H2. The molecule has 0 saturated carbocycles. The highest BCUT2D eigenvalue weighted by Gasteiger charge is 1.88. The van der Waals surface area contributed by atoms with Crippen LogP contribution in [0.1, 0.15) is 6.42 Å². The van der Waals surface area contributed by atoms with Crippen molar-refractivity contribution in [3.63, 3.8) is 0 Å². The summed E-state index contributed by atoms with van der Waals surface area (Å²) in [6, 6.07) is 9.92. The molecule has 0 radical (unpaired) electrons. The fourth-order valence-electron chi connectivity index (χ4n) is 0.761. The fraction of sp³-hybridized carbons (Fsp3) is 0.333. The van der Waals surface area contributed by atoms with Gasteiger partial charge >= 0.3 is 0 Å². The normalized spacial score (nSPS) is 9.55. The van der Waals surface area contributed by atoms with Gasteiger partial charge in [-0.2, -0.15) is 0 Å². The summed E-state index contributed by atoms with van der Waals surface area (Å²) < 4.78 is 6.60. The number of para-hydroxylation sites is 1. The zero-order valence-corrected chi connectivity index (χ0v) is 8.45. The molecule has 0 spiro atoms. The van der Waals surface area contributed by atoms with Crippen LogP contribution < -0.4 is 4.74 Å². The summed E-state index contributed by atoms with van der Waals surface area (Å²) in [6.45, 7) is 0.826. The van der Waals surface area contributed by atoms with Crippen molar-refractivity contribution in [2.75, 3.05) is 11.0 Å². The number of alkyl halides is 1. The van der Waals surface area contributed by atoms with Gasteiger partial charge in [0.1, 0.15) is 5.75 Å². The predicted octanol–water partition coefficient (Wildman–Crippen LogP) is 2.89. The van der Waals surface area contributed by atoms with Gasteiger partial charge in [0.15, 0.2) is 0 Å². The van der Waals surface area contributed by atoms with E-state index in [-0.39, 0.29) is 0 Å². The number of halogens is 1. The van der Waals surface area contributed by atoms with Gasteiger partial charge in [-0.05, 0) is 18.6 Å². The van der Waals surface area contributed by atoms with Gasteiger partial charge < -0.3 is 4.74 Å². The summed E-state index contributed by atoms with van der Waals surface area (Å²) in [5.74, 6) is 0.970.